The van der Waals surface area contributed by atoms with Gasteiger partial charge in [-0.1, -0.05) is 0 Å². The summed E-state index contributed by atoms with van der Waals surface area (Å²) in [4.78, 5) is 0.441. The normalized spacial score (nSPS) is 12.2. The van der Waals surface area contributed by atoms with Crippen LogP contribution in [0.4, 0.5) is 0 Å². The number of nitrogens with zero attached hydrogens (tertiary/aromatic N) is 3. The number of hydrogen-bond acceptors (Lipinski definition) is 3. The van der Waals surface area contributed by atoms with Gasteiger partial charge >= 0.3 is 0 Å². The van der Waals surface area contributed by atoms with E-state index in [1.165, 1.54) is 4.31 Å². The first kappa shape index (κ1) is 19.7. The Morgan fingerprint density at radius 2 is 1.44 bits per heavy atom. The molecular weight excluding hydrogens is 334 g/mol. The van der Waals surface area contributed by atoms with E-state index in [0.29, 0.717) is 11.4 Å². The second kappa shape index (κ2) is 6.92. The number of rotatable bonds is 5. The highest BCUT2D eigenvalue weighted by Crippen LogP contribution is 2.31. The smallest absolute Gasteiger partial charge is 0.243 e. The SMILES string of the molecule is CCn1ncc(CN(C)S(=O)(=O)c2c(C)c(C)c(C)c(C)c2C)c1C. The van der Waals surface area contributed by atoms with Crippen LogP contribution in [-0.2, 0) is 23.1 Å². The van der Waals surface area contributed by atoms with Gasteiger partial charge in [-0.2, -0.15) is 9.40 Å². The lowest BCUT2D eigenvalue weighted by atomic mass is 9.95. The Kier molecular flexibility index (Phi) is 5.44. The molecule has 0 aliphatic carbocycles. The largest absolute Gasteiger partial charge is 0.270 e. The van der Waals surface area contributed by atoms with E-state index in [2.05, 4.69) is 5.10 Å². The lowest BCUT2D eigenvalue weighted by Gasteiger charge is -2.23. The van der Waals surface area contributed by atoms with Crippen LogP contribution in [0.3, 0.4) is 0 Å². The maximum Gasteiger partial charge on any atom is 0.243 e. The van der Waals surface area contributed by atoms with E-state index in [4.69, 9.17) is 0 Å². The van der Waals surface area contributed by atoms with E-state index in [0.717, 1.165) is 45.6 Å². The van der Waals surface area contributed by atoms with Gasteiger partial charge in [-0.15, -0.1) is 0 Å². The fraction of sp³-hybridized carbons (Fsp3) is 0.526. The van der Waals surface area contributed by atoms with Crippen molar-refractivity contribution in [1.29, 1.82) is 0 Å². The molecule has 0 fully saturated rings. The van der Waals surface area contributed by atoms with E-state index >= 15 is 0 Å². The van der Waals surface area contributed by atoms with Crippen LogP contribution in [0.5, 0.6) is 0 Å². The Balaban J connectivity index is 2.50. The van der Waals surface area contributed by atoms with Gasteiger partial charge in [0.15, 0.2) is 0 Å². The minimum absolute atomic E-state index is 0.318. The molecule has 0 radical (unpaired) electrons. The van der Waals surface area contributed by atoms with Crippen molar-refractivity contribution in [3.05, 3.63) is 45.3 Å². The third-order valence-corrected chi connectivity index (χ3v) is 7.57. The maximum absolute atomic E-state index is 13.3. The standard InChI is InChI=1S/C19H29N3O2S/c1-9-22-17(7)18(10-20-22)11-21(8)25(23,24)19-15(5)13(3)12(2)14(4)16(19)6/h10H,9,11H2,1-8H3. The number of aromatic nitrogens is 2. The molecule has 2 aromatic rings. The topological polar surface area (TPSA) is 55.2 Å². The van der Waals surface area contributed by atoms with Gasteiger partial charge in [0, 0.05) is 31.4 Å². The third kappa shape index (κ3) is 3.25. The summed E-state index contributed by atoms with van der Waals surface area (Å²) in [5.74, 6) is 0. The molecule has 2 rings (SSSR count). The van der Waals surface area contributed by atoms with Gasteiger partial charge in [0.2, 0.25) is 10.0 Å². The zero-order valence-corrected chi connectivity index (χ0v) is 17.4. The molecule has 6 heteroatoms. The Hall–Kier alpha value is -1.66. The Morgan fingerprint density at radius 3 is 1.88 bits per heavy atom. The number of hydrogen-bond donors (Lipinski definition) is 0. The van der Waals surface area contributed by atoms with Gasteiger partial charge in [-0.3, -0.25) is 4.68 Å². The van der Waals surface area contributed by atoms with Gasteiger partial charge in [0.05, 0.1) is 11.1 Å². The molecule has 0 saturated carbocycles. The molecule has 138 valence electrons. The van der Waals surface area contributed by atoms with Crippen molar-refractivity contribution in [3.8, 4) is 0 Å². The molecule has 0 aliphatic rings. The highest BCUT2D eigenvalue weighted by atomic mass is 32.2. The van der Waals surface area contributed by atoms with Gasteiger partial charge in [0.25, 0.3) is 0 Å². The summed E-state index contributed by atoms with van der Waals surface area (Å²) in [6, 6.07) is 0. The second-order valence-electron chi connectivity index (χ2n) is 6.79. The monoisotopic (exact) mass is 363 g/mol. The summed E-state index contributed by atoms with van der Waals surface area (Å²) < 4.78 is 29.9. The first-order valence-corrected chi connectivity index (χ1v) is 10.0. The van der Waals surface area contributed by atoms with Crippen LogP contribution >= 0.6 is 0 Å². The van der Waals surface area contributed by atoms with E-state index in [-0.39, 0.29) is 0 Å². The molecule has 1 aromatic heterocycles. The summed E-state index contributed by atoms with van der Waals surface area (Å²) >= 11 is 0. The fourth-order valence-electron chi connectivity index (χ4n) is 3.29. The lowest BCUT2D eigenvalue weighted by molar-refractivity contribution is 0.464. The average Bonchev–Trinajstić information content (AvgIpc) is 2.91. The molecule has 0 spiro atoms. The summed E-state index contributed by atoms with van der Waals surface area (Å²) in [7, 11) is -1.94. The number of benzene rings is 1. The fourth-order valence-corrected chi connectivity index (χ4v) is 4.99. The van der Waals surface area contributed by atoms with Crippen LogP contribution in [-0.4, -0.2) is 29.6 Å². The van der Waals surface area contributed by atoms with E-state index < -0.39 is 10.0 Å². The van der Waals surface area contributed by atoms with Crippen molar-refractivity contribution in [3.63, 3.8) is 0 Å². The first-order valence-electron chi connectivity index (χ1n) is 8.58. The van der Waals surface area contributed by atoms with Crippen LogP contribution in [0.15, 0.2) is 11.1 Å². The average molecular weight is 364 g/mol. The Bertz CT molecular complexity index is 882. The van der Waals surface area contributed by atoms with E-state index in [1.807, 2.05) is 53.1 Å². The zero-order chi connectivity index (χ0) is 19.1. The van der Waals surface area contributed by atoms with Crippen molar-refractivity contribution >= 4 is 10.0 Å². The number of sulfonamides is 1. The molecule has 0 saturated heterocycles. The Morgan fingerprint density at radius 1 is 0.960 bits per heavy atom. The molecule has 5 nitrogen and oxygen atoms in total. The van der Waals surface area contributed by atoms with Crippen molar-refractivity contribution in [2.45, 2.75) is 66.5 Å². The van der Waals surface area contributed by atoms with Crippen molar-refractivity contribution in [2.75, 3.05) is 7.05 Å². The maximum atomic E-state index is 13.3. The molecule has 0 bridgehead atoms. The minimum Gasteiger partial charge on any atom is -0.270 e. The van der Waals surface area contributed by atoms with Crippen LogP contribution in [0, 0.1) is 41.5 Å². The quantitative estimate of drug-likeness (QED) is 0.816. The number of aryl methyl sites for hydroxylation is 1. The molecule has 1 heterocycles. The van der Waals surface area contributed by atoms with Gasteiger partial charge in [0.1, 0.15) is 0 Å². The van der Waals surface area contributed by atoms with Gasteiger partial charge < -0.3 is 0 Å². The zero-order valence-electron chi connectivity index (χ0n) is 16.6. The summed E-state index contributed by atoms with van der Waals surface area (Å²) in [5.41, 5.74) is 6.88. The molecular formula is C19H29N3O2S. The molecule has 25 heavy (non-hydrogen) atoms. The summed E-state index contributed by atoms with van der Waals surface area (Å²) in [6.07, 6.45) is 1.76. The molecule has 0 N–H and O–H groups in total. The van der Waals surface area contributed by atoms with Gasteiger partial charge in [-0.25, -0.2) is 8.42 Å². The predicted molar refractivity (Wildman–Crippen MR) is 101 cm³/mol. The predicted octanol–water partition coefficient (Wildman–Crippen LogP) is 3.57. The second-order valence-corrected chi connectivity index (χ2v) is 8.77. The van der Waals surface area contributed by atoms with Crippen LogP contribution < -0.4 is 0 Å². The Labute approximate surface area is 151 Å². The van der Waals surface area contributed by atoms with Crippen LogP contribution in [0.1, 0.15) is 46.0 Å². The highest BCUT2D eigenvalue weighted by Gasteiger charge is 2.28. The minimum atomic E-state index is -3.58. The van der Waals surface area contributed by atoms with Crippen molar-refractivity contribution in [2.24, 2.45) is 0 Å². The van der Waals surface area contributed by atoms with Crippen LogP contribution in [0.2, 0.25) is 0 Å². The van der Waals surface area contributed by atoms with Crippen LogP contribution in [0.25, 0.3) is 0 Å². The lowest BCUT2D eigenvalue weighted by Crippen LogP contribution is -2.28. The van der Waals surface area contributed by atoms with Gasteiger partial charge in [-0.05, 0) is 76.3 Å². The van der Waals surface area contributed by atoms with E-state index in [9.17, 15) is 8.42 Å². The first-order chi connectivity index (χ1) is 11.5. The van der Waals surface area contributed by atoms with E-state index in [1.54, 1.807) is 13.2 Å². The van der Waals surface area contributed by atoms with Crippen molar-refractivity contribution < 1.29 is 8.42 Å². The molecule has 0 unspecified atom stereocenters. The molecule has 0 atom stereocenters. The third-order valence-electron chi connectivity index (χ3n) is 5.50. The highest BCUT2D eigenvalue weighted by molar-refractivity contribution is 7.89. The summed E-state index contributed by atoms with van der Waals surface area (Å²) in [6.45, 7) is 14.9. The molecule has 0 aliphatic heterocycles. The molecule has 1 aromatic carbocycles. The summed E-state index contributed by atoms with van der Waals surface area (Å²) in [5, 5.41) is 4.31. The molecule has 0 amide bonds. The van der Waals surface area contributed by atoms with Crippen molar-refractivity contribution in [1.82, 2.24) is 14.1 Å².